The Bertz CT molecular complexity index is 1200. The molecule has 3 heterocycles. The number of carbonyl (C=O) groups excluding carboxylic acids is 2. The van der Waals surface area contributed by atoms with Crippen molar-refractivity contribution in [1.82, 2.24) is 14.9 Å². The highest BCUT2D eigenvalue weighted by atomic mass is 16.6. The summed E-state index contributed by atoms with van der Waals surface area (Å²) in [7, 11) is 0. The van der Waals surface area contributed by atoms with E-state index in [9.17, 15) is 9.59 Å². The van der Waals surface area contributed by atoms with Gasteiger partial charge in [-0.1, -0.05) is 25.1 Å². The summed E-state index contributed by atoms with van der Waals surface area (Å²) in [6.07, 6.45) is 6.38. The SMILES string of the molecule is C=C[C@H]1c2cc(C3=CCN(C(=O)OC(C)(C)C)CC3)ccc2N(C(C)=O)[C@@H](C)C1C.Cc1ccnc(C)n1.[HH]. The zero-order chi connectivity index (χ0) is 28.2. The first-order valence-electron chi connectivity index (χ1n) is 13.3. The van der Waals surface area contributed by atoms with Gasteiger partial charge in [0.15, 0.2) is 0 Å². The summed E-state index contributed by atoms with van der Waals surface area (Å²) < 4.78 is 5.49. The van der Waals surface area contributed by atoms with Gasteiger partial charge >= 0.3 is 6.09 Å². The predicted molar refractivity (Wildman–Crippen MR) is 155 cm³/mol. The second-order valence-electron chi connectivity index (χ2n) is 11.2. The molecule has 2 aliphatic heterocycles. The van der Waals surface area contributed by atoms with Crippen LogP contribution in [0.2, 0.25) is 0 Å². The molecule has 0 fully saturated rings. The summed E-state index contributed by atoms with van der Waals surface area (Å²) in [6, 6.07) is 8.36. The predicted octanol–water partition coefficient (Wildman–Crippen LogP) is 6.71. The minimum Gasteiger partial charge on any atom is -0.444 e. The van der Waals surface area contributed by atoms with E-state index >= 15 is 0 Å². The lowest BCUT2D eigenvalue weighted by Crippen LogP contribution is -2.46. The van der Waals surface area contributed by atoms with Crippen LogP contribution in [0.5, 0.6) is 0 Å². The quantitative estimate of drug-likeness (QED) is 0.411. The van der Waals surface area contributed by atoms with E-state index in [2.05, 4.69) is 54.7 Å². The molecule has 2 aliphatic rings. The van der Waals surface area contributed by atoms with Crippen molar-refractivity contribution >= 4 is 23.3 Å². The third-order valence-electron chi connectivity index (χ3n) is 7.12. The number of hydrogen-bond acceptors (Lipinski definition) is 5. The number of fused-ring (bicyclic) bond motifs is 1. The minimum atomic E-state index is -0.490. The molecule has 2 aromatic rings. The van der Waals surface area contributed by atoms with E-state index in [1.54, 1.807) is 18.0 Å². The van der Waals surface area contributed by atoms with Gasteiger partial charge in [-0.05, 0) is 88.8 Å². The molecule has 0 spiro atoms. The lowest BCUT2D eigenvalue weighted by atomic mass is 9.77. The van der Waals surface area contributed by atoms with Crippen molar-refractivity contribution in [3.05, 3.63) is 71.8 Å². The van der Waals surface area contributed by atoms with Crippen LogP contribution < -0.4 is 4.90 Å². The van der Waals surface area contributed by atoms with Crippen LogP contribution >= 0.6 is 0 Å². The summed E-state index contributed by atoms with van der Waals surface area (Å²) in [4.78, 5) is 36.3. The number of benzene rings is 1. The number of anilines is 1. The van der Waals surface area contributed by atoms with Gasteiger partial charge in [0.05, 0.1) is 0 Å². The molecule has 4 rings (SSSR count). The number of nitrogens with zero attached hydrogens (tertiary/aromatic N) is 4. The monoisotopic (exact) mass is 520 g/mol. The molecular formula is C31H44N4O3. The van der Waals surface area contributed by atoms with Gasteiger partial charge in [-0.2, -0.15) is 0 Å². The first kappa shape index (κ1) is 29.1. The molecule has 0 saturated carbocycles. The van der Waals surface area contributed by atoms with Crippen LogP contribution in [-0.4, -0.2) is 51.6 Å². The molecule has 3 atom stereocenters. The average molecular weight is 521 g/mol. The molecule has 7 nitrogen and oxygen atoms in total. The zero-order valence-electron chi connectivity index (χ0n) is 24.1. The first-order chi connectivity index (χ1) is 17.8. The number of aryl methyl sites for hydroxylation is 2. The van der Waals surface area contributed by atoms with Crippen LogP contribution in [0, 0.1) is 19.8 Å². The minimum absolute atomic E-state index is 0. The molecule has 1 aromatic heterocycles. The zero-order valence-corrected chi connectivity index (χ0v) is 24.1. The Labute approximate surface area is 229 Å². The molecular weight excluding hydrogens is 476 g/mol. The fourth-order valence-corrected chi connectivity index (χ4v) is 5.07. The summed E-state index contributed by atoms with van der Waals surface area (Å²) >= 11 is 0. The molecule has 206 valence electrons. The third-order valence-corrected chi connectivity index (χ3v) is 7.12. The number of aromatic nitrogens is 2. The van der Waals surface area contributed by atoms with E-state index in [4.69, 9.17) is 4.74 Å². The van der Waals surface area contributed by atoms with E-state index in [-0.39, 0.29) is 31.3 Å². The topological polar surface area (TPSA) is 75.6 Å². The van der Waals surface area contributed by atoms with Gasteiger partial charge < -0.3 is 14.5 Å². The fourth-order valence-electron chi connectivity index (χ4n) is 5.07. The maximum Gasteiger partial charge on any atom is 0.410 e. The molecule has 38 heavy (non-hydrogen) atoms. The van der Waals surface area contributed by atoms with E-state index in [0.29, 0.717) is 13.1 Å². The summed E-state index contributed by atoms with van der Waals surface area (Å²) in [5, 5.41) is 0. The number of amides is 2. The molecule has 7 heteroatoms. The highest BCUT2D eigenvalue weighted by Gasteiger charge is 2.37. The molecule has 1 aromatic carbocycles. The molecule has 0 saturated heterocycles. The second kappa shape index (κ2) is 11.9. The highest BCUT2D eigenvalue weighted by Crippen LogP contribution is 2.44. The summed E-state index contributed by atoms with van der Waals surface area (Å²) in [5.74, 6) is 1.39. The van der Waals surface area contributed by atoms with Crippen LogP contribution in [0.15, 0.2) is 49.2 Å². The lowest BCUT2D eigenvalue weighted by molar-refractivity contribution is -0.117. The van der Waals surface area contributed by atoms with Crippen molar-refractivity contribution in [3.8, 4) is 0 Å². The van der Waals surface area contributed by atoms with Gasteiger partial charge in [0, 0.05) is 51.0 Å². The van der Waals surface area contributed by atoms with E-state index in [1.165, 1.54) is 5.57 Å². The third kappa shape index (κ3) is 6.88. The normalized spacial score (nSPS) is 20.9. The van der Waals surface area contributed by atoms with Crippen molar-refractivity contribution in [2.45, 2.75) is 79.4 Å². The number of rotatable bonds is 2. The van der Waals surface area contributed by atoms with E-state index < -0.39 is 5.60 Å². The van der Waals surface area contributed by atoms with Crippen molar-refractivity contribution in [3.63, 3.8) is 0 Å². The van der Waals surface area contributed by atoms with Crippen LogP contribution in [0.1, 0.15) is 78.0 Å². The standard InChI is InChI=1S/C25H34N2O3.C6H8N2.H2/c1-8-21-16(2)17(3)27(18(4)28)23-10-9-20(15-22(21)23)19-11-13-26(14-12-19)24(29)30-25(5,6)7;1-5-3-4-7-6(2)8-5;/h8-11,15-17,21H,1,12-14H2,2-7H3;3-4H,1-2H3;1H/t16?,17-,21+;;/m0../s1. The molecule has 0 bridgehead atoms. The maximum atomic E-state index is 12.3. The Kier molecular flexibility index (Phi) is 9.13. The van der Waals surface area contributed by atoms with Crippen LogP contribution in [0.4, 0.5) is 10.5 Å². The van der Waals surface area contributed by atoms with E-state index in [1.807, 2.05) is 51.7 Å². The Hall–Kier alpha value is -3.48. The van der Waals surface area contributed by atoms with Crippen molar-refractivity contribution < 1.29 is 15.8 Å². The van der Waals surface area contributed by atoms with Crippen LogP contribution in [-0.2, 0) is 9.53 Å². The number of hydrogen-bond donors (Lipinski definition) is 0. The van der Waals surface area contributed by atoms with Crippen LogP contribution in [0.25, 0.3) is 5.57 Å². The highest BCUT2D eigenvalue weighted by molar-refractivity contribution is 5.94. The molecule has 2 amide bonds. The van der Waals surface area contributed by atoms with Gasteiger partial charge in [-0.3, -0.25) is 4.79 Å². The maximum absolute atomic E-state index is 12.3. The Morgan fingerprint density at radius 2 is 1.89 bits per heavy atom. The summed E-state index contributed by atoms with van der Waals surface area (Å²) in [6.45, 7) is 20.6. The fraction of sp³-hybridized carbons (Fsp3) is 0.484. The number of carbonyl (C=O) groups is 2. The molecule has 0 radical (unpaired) electrons. The largest absolute Gasteiger partial charge is 0.444 e. The summed E-state index contributed by atoms with van der Waals surface area (Å²) in [5.41, 5.74) is 5.04. The number of ether oxygens (including phenoxy) is 1. The van der Waals surface area contributed by atoms with Gasteiger partial charge in [-0.25, -0.2) is 14.8 Å². The average Bonchev–Trinajstić information content (AvgIpc) is 2.84. The molecule has 0 N–H and O–H groups in total. The molecule has 1 unspecified atom stereocenters. The van der Waals surface area contributed by atoms with Gasteiger partial charge in [0.1, 0.15) is 11.4 Å². The van der Waals surface area contributed by atoms with Crippen molar-refractivity contribution in [1.29, 1.82) is 0 Å². The number of allylic oxidation sites excluding steroid dienone is 1. The van der Waals surface area contributed by atoms with Crippen LogP contribution in [0.3, 0.4) is 0 Å². The molecule has 0 aliphatic carbocycles. The van der Waals surface area contributed by atoms with E-state index in [0.717, 1.165) is 34.8 Å². The smallest absolute Gasteiger partial charge is 0.410 e. The Morgan fingerprint density at radius 3 is 2.39 bits per heavy atom. The Balaban J connectivity index is 0.000000508. The second-order valence-corrected chi connectivity index (χ2v) is 11.2. The first-order valence-corrected chi connectivity index (χ1v) is 13.3. The van der Waals surface area contributed by atoms with Gasteiger partial charge in [0.2, 0.25) is 5.91 Å². The van der Waals surface area contributed by atoms with Gasteiger partial charge in [-0.15, -0.1) is 6.58 Å². The van der Waals surface area contributed by atoms with Crippen molar-refractivity contribution in [2.75, 3.05) is 18.0 Å². The lowest BCUT2D eigenvalue weighted by Gasteiger charge is -2.43. The Morgan fingerprint density at radius 1 is 1.18 bits per heavy atom. The van der Waals surface area contributed by atoms with Crippen molar-refractivity contribution in [2.24, 2.45) is 5.92 Å². The van der Waals surface area contributed by atoms with Gasteiger partial charge in [0.25, 0.3) is 0 Å².